The second-order valence-corrected chi connectivity index (χ2v) is 8.30. The molecular weight excluding hydrogens is 346 g/mol. The number of carbonyl (C=O) groups excluding carboxylic acids is 2. The summed E-state index contributed by atoms with van der Waals surface area (Å²) in [6, 6.07) is 0.135. The average Bonchev–Trinajstić information content (AvgIpc) is 2.89. The molecule has 7 heteroatoms. The fourth-order valence-corrected chi connectivity index (χ4v) is 4.54. The molecule has 24 heavy (non-hydrogen) atoms. The minimum absolute atomic E-state index is 0.00325. The van der Waals surface area contributed by atoms with Gasteiger partial charge in [-0.3, -0.25) is 14.5 Å². The van der Waals surface area contributed by atoms with E-state index in [1.807, 2.05) is 19.9 Å². The molecule has 0 unspecified atom stereocenters. The van der Waals surface area contributed by atoms with Crippen molar-refractivity contribution in [1.82, 2.24) is 4.90 Å². The molecule has 0 saturated carbocycles. The van der Waals surface area contributed by atoms with Crippen molar-refractivity contribution >= 4 is 40.2 Å². The molecule has 134 valence electrons. The smallest absolute Gasteiger partial charge is 0.303 e. The van der Waals surface area contributed by atoms with Gasteiger partial charge in [0.25, 0.3) is 0 Å². The summed E-state index contributed by atoms with van der Waals surface area (Å²) in [6.07, 6.45) is 2.57. The zero-order chi connectivity index (χ0) is 18.0. The lowest BCUT2D eigenvalue weighted by atomic mass is 9.96. The van der Waals surface area contributed by atoms with Crippen LogP contribution < -0.4 is 0 Å². The molecule has 2 aliphatic heterocycles. The van der Waals surface area contributed by atoms with Gasteiger partial charge in [0.15, 0.2) is 0 Å². The summed E-state index contributed by atoms with van der Waals surface area (Å²) in [5.74, 6) is 0.504. The van der Waals surface area contributed by atoms with E-state index in [1.54, 1.807) is 22.7 Å². The van der Waals surface area contributed by atoms with E-state index in [0.29, 0.717) is 10.2 Å². The highest BCUT2D eigenvalue weighted by atomic mass is 32.2. The first kappa shape index (κ1) is 19.4. The minimum atomic E-state index is -0.409. The monoisotopic (exact) mass is 371 g/mol. The lowest BCUT2D eigenvalue weighted by molar-refractivity contribution is -0.157. The van der Waals surface area contributed by atoms with E-state index in [4.69, 9.17) is 21.7 Å². The number of amides is 1. The number of carbonyl (C=O) groups is 2. The molecule has 0 bridgehead atoms. The standard InChI is InChI=1S/C17H25NO4S2/c1-9(2)13-8-24-17(23)18(13)16(20)10(3)14-6-7-15(11(4)21-14)22-12(5)19/h6-7,9-11,13-15H,8H2,1-5H3/t10-,11+,13-,14+,15-/m1/s1. The van der Waals surface area contributed by atoms with Crippen molar-refractivity contribution in [1.29, 1.82) is 0 Å². The summed E-state index contributed by atoms with van der Waals surface area (Å²) in [7, 11) is 0. The fourth-order valence-electron chi connectivity index (χ4n) is 2.90. The Labute approximate surface area is 153 Å². The second kappa shape index (κ2) is 7.97. The Kier molecular flexibility index (Phi) is 6.45. The van der Waals surface area contributed by atoms with Crippen molar-refractivity contribution in [3.8, 4) is 0 Å². The van der Waals surface area contributed by atoms with Crippen LogP contribution in [-0.2, 0) is 19.1 Å². The first-order chi connectivity index (χ1) is 11.2. The number of thioether (sulfide) groups is 1. The molecule has 5 nitrogen and oxygen atoms in total. The van der Waals surface area contributed by atoms with Gasteiger partial charge in [-0.1, -0.05) is 50.8 Å². The Morgan fingerprint density at radius 3 is 2.58 bits per heavy atom. The minimum Gasteiger partial charge on any atom is -0.456 e. The van der Waals surface area contributed by atoms with E-state index in [-0.39, 0.29) is 36.0 Å². The van der Waals surface area contributed by atoms with E-state index in [9.17, 15) is 9.59 Å². The van der Waals surface area contributed by atoms with Crippen LogP contribution in [0.3, 0.4) is 0 Å². The molecule has 0 spiro atoms. The van der Waals surface area contributed by atoms with Crippen LogP contribution in [-0.4, -0.2) is 51.2 Å². The summed E-state index contributed by atoms with van der Waals surface area (Å²) in [6.45, 7) is 9.28. The van der Waals surface area contributed by atoms with E-state index in [1.165, 1.54) is 6.92 Å². The lowest BCUT2D eigenvalue weighted by Crippen LogP contribution is -2.48. The number of hydrogen-bond acceptors (Lipinski definition) is 6. The number of ether oxygens (including phenoxy) is 2. The Hall–Kier alpha value is -0.920. The maximum Gasteiger partial charge on any atom is 0.303 e. The number of rotatable bonds is 4. The molecule has 2 aliphatic rings. The van der Waals surface area contributed by atoms with Gasteiger partial charge in [-0.15, -0.1) is 0 Å². The van der Waals surface area contributed by atoms with Crippen molar-refractivity contribution in [2.45, 2.75) is 59.0 Å². The molecule has 0 aromatic heterocycles. The molecule has 0 radical (unpaired) electrons. The number of hydrogen-bond donors (Lipinski definition) is 0. The molecule has 5 atom stereocenters. The van der Waals surface area contributed by atoms with Crippen LogP contribution in [0.5, 0.6) is 0 Å². The predicted octanol–water partition coefficient (Wildman–Crippen LogP) is 2.78. The highest BCUT2D eigenvalue weighted by Gasteiger charge is 2.40. The molecule has 0 N–H and O–H groups in total. The molecule has 2 heterocycles. The van der Waals surface area contributed by atoms with Gasteiger partial charge in [-0.2, -0.15) is 0 Å². The third kappa shape index (κ3) is 4.18. The molecule has 0 aromatic rings. The molecule has 1 fully saturated rings. The van der Waals surface area contributed by atoms with Crippen LogP contribution in [0.2, 0.25) is 0 Å². The Balaban J connectivity index is 2.08. The van der Waals surface area contributed by atoms with Crippen molar-refractivity contribution in [2.75, 3.05) is 5.75 Å². The van der Waals surface area contributed by atoms with E-state index in [2.05, 4.69) is 13.8 Å². The van der Waals surface area contributed by atoms with Crippen LogP contribution in [0, 0.1) is 11.8 Å². The third-order valence-corrected chi connectivity index (χ3v) is 5.92. The molecule has 0 aromatic carbocycles. The predicted molar refractivity (Wildman–Crippen MR) is 98.7 cm³/mol. The van der Waals surface area contributed by atoms with Gasteiger partial charge in [0.2, 0.25) is 5.91 Å². The highest BCUT2D eigenvalue weighted by molar-refractivity contribution is 8.23. The average molecular weight is 372 g/mol. The van der Waals surface area contributed by atoms with Gasteiger partial charge < -0.3 is 9.47 Å². The van der Waals surface area contributed by atoms with Crippen LogP contribution >= 0.6 is 24.0 Å². The normalized spacial score (nSPS) is 31.4. The quantitative estimate of drug-likeness (QED) is 0.430. The van der Waals surface area contributed by atoms with Gasteiger partial charge >= 0.3 is 5.97 Å². The van der Waals surface area contributed by atoms with E-state index >= 15 is 0 Å². The van der Waals surface area contributed by atoms with Crippen LogP contribution in [0.1, 0.15) is 34.6 Å². The second-order valence-electron chi connectivity index (χ2n) is 6.65. The summed E-state index contributed by atoms with van der Waals surface area (Å²) < 4.78 is 11.7. The van der Waals surface area contributed by atoms with Crippen molar-refractivity contribution < 1.29 is 19.1 Å². The van der Waals surface area contributed by atoms with Gasteiger partial charge in [0.1, 0.15) is 10.4 Å². The van der Waals surface area contributed by atoms with Gasteiger partial charge in [0.05, 0.1) is 18.1 Å². The van der Waals surface area contributed by atoms with Gasteiger partial charge in [0, 0.05) is 18.7 Å². The summed E-state index contributed by atoms with van der Waals surface area (Å²) in [5.41, 5.74) is 0. The largest absolute Gasteiger partial charge is 0.456 e. The third-order valence-electron chi connectivity index (χ3n) is 4.42. The van der Waals surface area contributed by atoms with Crippen LogP contribution in [0.4, 0.5) is 0 Å². The summed E-state index contributed by atoms with van der Waals surface area (Å²) in [4.78, 5) is 25.8. The zero-order valence-corrected chi connectivity index (χ0v) is 16.4. The number of thiocarbonyl (C=S) groups is 1. The number of esters is 1. The summed E-state index contributed by atoms with van der Waals surface area (Å²) in [5, 5.41) is 0. The van der Waals surface area contributed by atoms with Crippen molar-refractivity contribution in [3.63, 3.8) is 0 Å². The first-order valence-electron chi connectivity index (χ1n) is 8.23. The lowest BCUT2D eigenvalue weighted by Gasteiger charge is -2.35. The SMILES string of the molecule is CC(=O)O[C@@H]1C=C[C@@H]([C@@H](C)C(=O)N2C(=S)SC[C@@H]2C(C)C)O[C@H]1C. The van der Waals surface area contributed by atoms with Gasteiger partial charge in [-0.25, -0.2) is 0 Å². The van der Waals surface area contributed by atoms with E-state index in [0.717, 1.165) is 5.75 Å². The summed E-state index contributed by atoms with van der Waals surface area (Å²) >= 11 is 6.94. The molecule has 1 amide bonds. The Morgan fingerprint density at radius 1 is 1.38 bits per heavy atom. The molecule has 2 rings (SSSR count). The fraction of sp³-hybridized carbons (Fsp3) is 0.706. The maximum absolute atomic E-state index is 13.0. The van der Waals surface area contributed by atoms with E-state index < -0.39 is 6.10 Å². The Bertz CT molecular complexity index is 549. The molecule has 0 aliphatic carbocycles. The topological polar surface area (TPSA) is 55.8 Å². The molecular formula is C17H25NO4S2. The van der Waals surface area contributed by atoms with Crippen molar-refractivity contribution in [2.24, 2.45) is 11.8 Å². The van der Waals surface area contributed by atoms with Crippen LogP contribution in [0.15, 0.2) is 12.2 Å². The molecule has 1 saturated heterocycles. The Morgan fingerprint density at radius 2 is 2.04 bits per heavy atom. The van der Waals surface area contributed by atoms with Gasteiger partial charge in [-0.05, 0) is 18.9 Å². The van der Waals surface area contributed by atoms with Crippen molar-refractivity contribution in [3.05, 3.63) is 12.2 Å². The maximum atomic E-state index is 13.0. The first-order valence-corrected chi connectivity index (χ1v) is 9.62. The van der Waals surface area contributed by atoms with Crippen LogP contribution in [0.25, 0.3) is 0 Å². The highest BCUT2D eigenvalue weighted by Crippen LogP contribution is 2.32. The zero-order valence-electron chi connectivity index (χ0n) is 14.7. The number of nitrogens with zero attached hydrogens (tertiary/aromatic N) is 1.